The second kappa shape index (κ2) is 12.5. The molecule has 3 heterocycles. The van der Waals surface area contributed by atoms with Gasteiger partial charge in [-0.1, -0.05) is 36.4 Å². The van der Waals surface area contributed by atoms with E-state index in [9.17, 15) is 9.59 Å². The van der Waals surface area contributed by atoms with Crippen LogP contribution in [0.3, 0.4) is 0 Å². The lowest BCUT2D eigenvalue weighted by molar-refractivity contribution is -0.127. The van der Waals surface area contributed by atoms with Gasteiger partial charge in [0.05, 0.1) is 13.0 Å². The van der Waals surface area contributed by atoms with Crippen molar-refractivity contribution in [3.63, 3.8) is 0 Å². The second-order valence-corrected chi connectivity index (χ2v) is 9.66. The minimum Gasteiger partial charge on any atom is -0.497 e. The molecule has 0 bridgehead atoms. The Balaban J connectivity index is 1.27. The first-order valence-electron chi connectivity index (χ1n) is 13.2. The number of rotatable bonds is 9. The third-order valence-electron chi connectivity index (χ3n) is 7.06. The summed E-state index contributed by atoms with van der Waals surface area (Å²) in [5.74, 6) is 0.862. The van der Waals surface area contributed by atoms with Gasteiger partial charge in [-0.3, -0.25) is 9.69 Å². The highest BCUT2D eigenvalue weighted by Gasteiger charge is 2.35. The van der Waals surface area contributed by atoms with Gasteiger partial charge >= 0.3 is 6.09 Å². The molecule has 0 aliphatic carbocycles. The Morgan fingerprint density at radius 2 is 1.95 bits per heavy atom. The summed E-state index contributed by atoms with van der Waals surface area (Å²) in [4.78, 5) is 32.1. The van der Waals surface area contributed by atoms with Crippen molar-refractivity contribution in [1.29, 1.82) is 0 Å². The number of carbonyl (C=O) groups excluding carboxylic acids is 2. The predicted molar refractivity (Wildman–Crippen MR) is 150 cm³/mol. The third-order valence-corrected chi connectivity index (χ3v) is 7.06. The molecule has 0 radical (unpaired) electrons. The van der Waals surface area contributed by atoms with E-state index in [0.29, 0.717) is 31.9 Å². The van der Waals surface area contributed by atoms with Crippen LogP contribution in [0.4, 0.5) is 16.3 Å². The van der Waals surface area contributed by atoms with Gasteiger partial charge in [-0.2, -0.15) is 5.10 Å². The molecule has 1 saturated heterocycles. The van der Waals surface area contributed by atoms with Gasteiger partial charge in [-0.15, -0.1) is 0 Å². The highest BCUT2D eigenvalue weighted by Crippen LogP contribution is 2.27. The highest BCUT2D eigenvalue weighted by molar-refractivity contribution is 5.80. The topological polar surface area (TPSA) is 122 Å². The minimum absolute atomic E-state index is 0.122. The summed E-state index contributed by atoms with van der Waals surface area (Å²) in [6.45, 7) is 1.94. The van der Waals surface area contributed by atoms with Crippen LogP contribution in [0.2, 0.25) is 0 Å². The molecular weight excluding hydrogens is 510 g/mol. The van der Waals surface area contributed by atoms with Crippen LogP contribution in [-0.2, 0) is 22.7 Å². The van der Waals surface area contributed by atoms with Crippen LogP contribution in [0.15, 0.2) is 73.2 Å². The minimum atomic E-state index is -0.528. The van der Waals surface area contributed by atoms with Crippen LogP contribution in [0.5, 0.6) is 5.75 Å². The van der Waals surface area contributed by atoms with Crippen molar-refractivity contribution in [2.45, 2.75) is 25.6 Å². The summed E-state index contributed by atoms with van der Waals surface area (Å²) in [7, 11) is 3.24. The molecule has 208 valence electrons. The molecule has 11 nitrogen and oxygen atoms in total. The number of fused-ring (bicyclic) bond motifs is 1. The number of alkyl carbamates (subject to hydrolysis) is 1. The molecule has 1 aliphatic rings. The maximum Gasteiger partial charge on any atom is 0.407 e. The van der Waals surface area contributed by atoms with Crippen molar-refractivity contribution in [3.05, 3.63) is 84.3 Å². The van der Waals surface area contributed by atoms with Gasteiger partial charge in [0.2, 0.25) is 5.91 Å². The molecule has 11 heteroatoms. The fourth-order valence-electron chi connectivity index (χ4n) is 5.02. The van der Waals surface area contributed by atoms with Crippen LogP contribution < -0.4 is 20.7 Å². The summed E-state index contributed by atoms with van der Waals surface area (Å²) in [5, 5.41) is 13.4. The molecule has 2 atom stereocenters. The molecule has 2 amide bonds. The second-order valence-electron chi connectivity index (χ2n) is 9.66. The zero-order valence-corrected chi connectivity index (χ0v) is 22.5. The monoisotopic (exact) mass is 543 g/mol. The van der Waals surface area contributed by atoms with Gasteiger partial charge in [0, 0.05) is 50.7 Å². The maximum atomic E-state index is 12.8. The van der Waals surface area contributed by atoms with E-state index in [1.807, 2.05) is 66.9 Å². The first-order chi connectivity index (χ1) is 19.5. The standard InChI is InChI=1S/C29H33N7O4/c1-30-28(37)24-17-35(13-12-25(24)34-29(38)40-18-20-7-4-3-5-8-20)16-21-11-14-36-26(21)27(31-19-32-36)33-22-9-6-10-23(15-22)39-2/h3-11,14-15,19,24-25H,12-13,16-18H2,1-2H3,(H,30,37)(H,34,38)(H,31,32,33)/t24?,25-/m0/s1. The molecular formula is C29H33N7O4. The number of hydrogen-bond donors (Lipinski definition) is 3. The number of ether oxygens (including phenoxy) is 2. The van der Waals surface area contributed by atoms with Crippen molar-refractivity contribution in [1.82, 2.24) is 30.1 Å². The average Bonchev–Trinajstić information content (AvgIpc) is 3.40. The van der Waals surface area contributed by atoms with Crippen molar-refractivity contribution in [2.75, 3.05) is 32.6 Å². The van der Waals surface area contributed by atoms with Gasteiger partial charge in [-0.25, -0.2) is 14.3 Å². The Kier molecular flexibility index (Phi) is 8.41. The fraction of sp³-hybridized carbons (Fsp3) is 0.310. The summed E-state index contributed by atoms with van der Waals surface area (Å²) < 4.78 is 12.5. The number of methoxy groups -OCH3 is 1. The molecule has 0 spiro atoms. The lowest BCUT2D eigenvalue weighted by atomic mass is 9.91. The molecule has 1 fully saturated rings. The van der Waals surface area contributed by atoms with Crippen LogP contribution in [0.1, 0.15) is 17.5 Å². The van der Waals surface area contributed by atoms with E-state index in [1.54, 1.807) is 18.7 Å². The van der Waals surface area contributed by atoms with Gasteiger partial charge < -0.3 is 25.4 Å². The Morgan fingerprint density at radius 3 is 2.75 bits per heavy atom. The number of benzene rings is 2. The predicted octanol–water partition coefficient (Wildman–Crippen LogP) is 3.34. The molecule has 2 aromatic heterocycles. The molecule has 1 aliphatic heterocycles. The Labute approximate surface area is 232 Å². The van der Waals surface area contributed by atoms with Crippen LogP contribution in [0.25, 0.3) is 5.52 Å². The molecule has 40 heavy (non-hydrogen) atoms. The van der Waals surface area contributed by atoms with Gasteiger partial charge in [-0.05, 0) is 35.7 Å². The lowest BCUT2D eigenvalue weighted by Crippen LogP contribution is -2.55. The molecule has 5 rings (SSSR count). The zero-order chi connectivity index (χ0) is 27.9. The van der Waals surface area contributed by atoms with Crippen molar-refractivity contribution < 1.29 is 19.1 Å². The first-order valence-corrected chi connectivity index (χ1v) is 13.2. The largest absolute Gasteiger partial charge is 0.497 e. The van der Waals surface area contributed by atoms with E-state index >= 15 is 0 Å². The zero-order valence-electron chi connectivity index (χ0n) is 22.5. The number of aromatic nitrogens is 3. The Bertz CT molecular complexity index is 1460. The maximum absolute atomic E-state index is 12.8. The average molecular weight is 544 g/mol. The highest BCUT2D eigenvalue weighted by atomic mass is 16.5. The molecule has 3 N–H and O–H groups in total. The van der Waals surface area contributed by atoms with E-state index in [2.05, 4.69) is 30.9 Å². The smallest absolute Gasteiger partial charge is 0.407 e. The number of nitrogens with one attached hydrogen (secondary N) is 3. The first kappa shape index (κ1) is 26.9. The third kappa shape index (κ3) is 6.32. The number of carbonyl (C=O) groups is 2. The fourth-order valence-corrected chi connectivity index (χ4v) is 5.02. The number of hydrogen-bond acceptors (Lipinski definition) is 8. The SMILES string of the molecule is CNC(=O)C1CN(Cc2ccn3ncnc(Nc4cccc(OC)c4)c23)CC[C@@H]1NC(=O)OCc1ccccc1. The summed E-state index contributed by atoms with van der Waals surface area (Å²) in [5.41, 5.74) is 3.62. The Morgan fingerprint density at radius 1 is 1.10 bits per heavy atom. The quantitative estimate of drug-likeness (QED) is 0.294. The summed E-state index contributed by atoms with van der Waals surface area (Å²) in [6, 6.07) is 18.8. The van der Waals surface area contributed by atoms with Gasteiger partial charge in [0.15, 0.2) is 5.82 Å². The normalized spacial score (nSPS) is 17.2. The van der Waals surface area contributed by atoms with Crippen molar-refractivity contribution in [2.24, 2.45) is 5.92 Å². The van der Waals surface area contributed by atoms with E-state index < -0.39 is 12.0 Å². The number of anilines is 2. The van der Waals surface area contributed by atoms with E-state index in [4.69, 9.17) is 9.47 Å². The van der Waals surface area contributed by atoms with Crippen LogP contribution in [0, 0.1) is 5.92 Å². The van der Waals surface area contributed by atoms with E-state index in [-0.39, 0.29) is 18.6 Å². The lowest BCUT2D eigenvalue weighted by Gasteiger charge is -2.37. The summed E-state index contributed by atoms with van der Waals surface area (Å²) >= 11 is 0. The van der Waals surface area contributed by atoms with Crippen molar-refractivity contribution in [3.8, 4) is 5.75 Å². The number of likely N-dealkylation sites (tertiary alicyclic amines) is 1. The molecule has 2 aromatic carbocycles. The number of amides is 2. The molecule has 1 unspecified atom stereocenters. The molecule has 4 aromatic rings. The van der Waals surface area contributed by atoms with Gasteiger partial charge in [0.25, 0.3) is 0 Å². The number of piperidine rings is 1. The van der Waals surface area contributed by atoms with Crippen LogP contribution in [-0.4, -0.2) is 64.8 Å². The number of nitrogens with zero attached hydrogens (tertiary/aromatic N) is 4. The van der Waals surface area contributed by atoms with E-state index in [1.165, 1.54) is 6.33 Å². The molecule has 0 saturated carbocycles. The van der Waals surface area contributed by atoms with Crippen molar-refractivity contribution >= 4 is 29.0 Å². The van der Waals surface area contributed by atoms with E-state index in [0.717, 1.165) is 28.1 Å². The summed E-state index contributed by atoms with van der Waals surface area (Å²) in [6.07, 6.45) is 3.49. The van der Waals surface area contributed by atoms with Gasteiger partial charge in [0.1, 0.15) is 24.2 Å². The Hall–Kier alpha value is -4.64. The van der Waals surface area contributed by atoms with Crippen LogP contribution >= 0.6 is 0 Å².